The molecule has 0 saturated carbocycles. The maximum absolute atomic E-state index is 12.1. The van der Waals surface area contributed by atoms with Gasteiger partial charge in [-0.2, -0.15) is 4.98 Å². The number of ether oxygens (including phenoxy) is 1. The Morgan fingerprint density at radius 2 is 1.86 bits per heavy atom. The molecule has 0 aliphatic carbocycles. The van der Waals surface area contributed by atoms with Crippen LogP contribution in [-0.2, 0) is 6.42 Å². The average Bonchev–Trinajstić information content (AvgIpc) is 2.84. The first-order valence-electron chi connectivity index (χ1n) is 6.52. The van der Waals surface area contributed by atoms with Gasteiger partial charge in [0.15, 0.2) is 5.82 Å². The topological polar surface area (TPSA) is 48.2 Å². The minimum Gasteiger partial charge on any atom is -0.406 e. The van der Waals surface area contributed by atoms with Crippen LogP contribution in [0.2, 0.25) is 0 Å². The molecule has 0 bridgehead atoms. The van der Waals surface area contributed by atoms with Crippen LogP contribution in [0.15, 0.2) is 28.8 Å². The van der Waals surface area contributed by atoms with Gasteiger partial charge in [0.25, 0.3) is 5.89 Å². The number of alkyl halides is 3. The van der Waals surface area contributed by atoms with E-state index in [9.17, 15) is 13.2 Å². The third-order valence-corrected chi connectivity index (χ3v) is 2.75. The molecule has 7 heteroatoms. The van der Waals surface area contributed by atoms with E-state index in [-0.39, 0.29) is 11.6 Å². The summed E-state index contributed by atoms with van der Waals surface area (Å²) in [5.41, 5.74) is 0.549. The summed E-state index contributed by atoms with van der Waals surface area (Å²) in [6.07, 6.45) is -3.05. The van der Waals surface area contributed by atoms with Crippen molar-refractivity contribution in [1.29, 1.82) is 0 Å². The van der Waals surface area contributed by atoms with Crippen LogP contribution >= 0.6 is 0 Å². The van der Waals surface area contributed by atoms with E-state index in [4.69, 9.17) is 4.52 Å². The van der Waals surface area contributed by atoms with Gasteiger partial charge in [0, 0.05) is 12.0 Å². The highest BCUT2D eigenvalue weighted by molar-refractivity contribution is 5.54. The van der Waals surface area contributed by atoms with E-state index in [1.807, 2.05) is 0 Å². The maximum Gasteiger partial charge on any atom is 0.573 e. The third kappa shape index (κ3) is 4.77. The Bertz CT molecular complexity index is 577. The molecule has 114 valence electrons. The molecule has 0 saturated heterocycles. The first kappa shape index (κ1) is 15.3. The van der Waals surface area contributed by atoms with Crippen molar-refractivity contribution in [3.8, 4) is 17.2 Å². The molecule has 4 nitrogen and oxygen atoms in total. The first-order chi connectivity index (χ1) is 9.83. The van der Waals surface area contributed by atoms with Crippen LogP contribution in [0.25, 0.3) is 11.5 Å². The Hall–Kier alpha value is -2.05. The molecule has 0 fully saturated rings. The lowest BCUT2D eigenvalue weighted by Gasteiger charge is -2.08. The van der Waals surface area contributed by atoms with Gasteiger partial charge in [0.1, 0.15) is 5.75 Å². The van der Waals surface area contributed by atoms with E-state index in [2.05, 4.69) is 28.7 Å². The summed E-state index contributed by atoms with van der Waals surface area (Å²) in [5.74, 6) is 1.12. The zero-order chi connectivity index (χ0) is 15.5. The SMILES string of the molecule is CC(C)CCc1noc(-c2ccc(OC(F)(F)F)cc2)n1. The highest BCUT2D eigenvalue weighted by Crippen LogP contribution is 2.25. The van der Waals surface area contributed by atoms with Gasteiger partial charge in [-0.15, -0.1) is 13.2 Å². The van der Waals surface area contributed by atoms with Crippen molar-refractivity contribution >= 4 is 0 Å². The van der Waals surface area contributed by atoms with Gasteiger partial charge in [-0.05, 0) is 36.6 Å². The second kappa shape index (κ2) is 6.15. The van der Waals surface area contributed by atoms with Crippen molar-refractivity contribution in [2.24, 2.45) is 5.92 Å². The lowest BCUT2D eigenvalue weighted by atomic mass is 10.1. The van der Waals surface area contributed by atoms with Crippen LogP contribution in [0.5, 0.6) is 5.75 Å². The lowest BCUT2D eigenvalue weighted by Crippen LogP contribution is -2.16. The molecule has 0 radical (unpaired) electrons. The Morgan fingerprint density at radius 1 is 1.19 bits per heavy atom. The van der Waals surface area contributed by atoms with Crippen molar-refractivity contribution in [2.45, 2.75) is 33.1 Å². The number of rotatable bonds is 5. The zero-order valence-electron chi connectivity index (χ0n) is 11.6. The van der Waals surface area contributed by atoms with Crippen molar-refractivity contribution in [3.05, 3.63) is 30.1 Å². The molecular weight excluding hydrogens is 285 g/mol. The summed E-state index contributed by atoms with van der Waals surface area (Å²) in [5, 5.41) is 3.85. The Morgan fingerprint density at radius 3 is 2.43 bits per heavy atom. The summed E-state index contributed by atoms with van der Waals surface area (Å²) in [6, 6.07) is 5.31. The molecule has 0 aliphatic rings. The highest BCUT2D eigenvalue weighted by Gasteiger charge is 2.31. The van der Waals surface area contributed by atoms with Crippen molar-refractivity contribution in [3.63, 3.8) is 0 Å². The van der Waals surface area contributed by atoms with E-state index in [0.29, 0.717) is 23.7 Å². The van der Waals surface area contributed by atoms with Crippen molar-refractivity contribution < 1.29 is 22.4 Å². The fourth-order valence-corrected chi connectivity index (χ4v) is 1.69. The maximum atomic E-state index is 12.1. The van der Waals surface area contributed by atoms with Gasteiger partial charge < -0.3 is 9.26 Å². The highest BCUT2D eigenvalue weighted by atomic mass is 19.4. The summed E-state index contributed by atoms with van der Waals surface area (Å²) in [7, 11) is 0. The van der Waals surface area contributed by atoms with Crippen molar-refractivity contribution in [1.82, 2.24) is 10.1 Å². The molecule has 0 N–H and O–H groups in total. The van der Waals surface area contributed by atoms with Crippen LogP contribution in [-0.4, -0.2) is 16.5 Å². The fourth-order valence-electron chi connectivity index (χ4n) is 1.69. The Balaban J connectivity index is 2.05. The monoisotopic (exact) mass is 300 g/mol. The molecular formula is C14H15F3N2O2. The summed E-state index contributed by atoms with van der Waals surface area (Å²) >= 11 is 0. The third-order valence-electron chi connectivity index (χ3n) is 2.75. The summed E-state index contributed by atoms with van der Waals surface area (Å²) < 4.78 is 45.1. The van der Waals surface area contributed by atoms with Gasteiger partial charge >= 0.3 is 6.36 Å². The number of nitrogens with zero attached hydrogens (tertiary/aromatic N) is 2. The molecule has 1 aromatic heterocycles. The molecule has 21 heavy (non-hydrogen) atoms. The largest absolute Gasteiger partial charge is 0.573 e. The minimum absolute atomic E-state index is 0.285. The van der Waals surface area contributed by atoms with Gasteiger partial charge in [0.05, 0.1) is 0 Å². The van der Waals surface area contributed by atoms with Gasteiger partial charge in [-0.25, -0.2) is 0 Å². The second-order valence-electron chi connectivity index (χ2n) is 5.02. The van der Waals surface area contributed by atoms with Gasteiger partial charge in [-0.1, -0.05) is 19.0 Å². The number of halogens is 3. The molecule has 0 atom stereocenters. The Labute approximate surface area is 119 Å². The normalized spacial score (nSPS) is 11.9. The van der Waals surface area contributed by atoms with Crippen LogP contribution < -0.4 is 4.74 Å². The summed E-state index contributed by atoms with van der Waals surface area (Å²) in [6.45, 7) is 4.20. The molecule has 0 unspecified atom stereocenters. The van der Waals surface area contributed by atoms with Gasteiger partial charge in [-0.3, -0.25) is 0 Å². The number of aromatic nitrogens is 2. The molecule has 1 aromatic carbocycles. The standard InChI is InChI=1S/C14H15F3N2O2/c1-9(2)3-8-12-18-13(21-19-12)10-4-6-11(7-5-10)20-14(15,16)17/h4-7,9H,3,8H2,1-2H3. The summed E-state index contributed by atoms with van der Waals surface area (Å²) in [4.78, 5) is 4.22. The second-order valence-corrected chi connectivity index (χ2v) is 5.02. The fraction of sp³-hybridized carbons (Fsp3) is 0.429. The van der Waals surface area contributed by atoms with E-state index >= 15 is 0 Å². The molecule has 1 heterocycles. The Kier molecular flexibility index (Phi) is 4.50. The van der Waals surface area contributed by atoms with Crippen LogP contribution in [0, 0.1) is 5.92 Å². The van der Waals surface area contributed by atoms with Crippen LogP contribution in [0.1, 0.15) is 26.1 Å². The molecule has 0 amide bonds. The number of hydrogen-bond acceptors (Lipinski definition) is 4. The number of hydrogen-bond donors (Lipinski definition) is 0. The predicted molar refractivity (Wildman–Crippen MR) is 69.6 cm³/mol. The molecule has 2 rings (SSSR count). The zero-order valence-corrected chi connectivity index (χ0v) is 11.6. The molecule has 2 aromatic rings. The lowest BCUT2D eigenvalue weighted by molar-refractivity contribution is -0.274. The number of aryl methyl sites for hydroxylation is 1. The van der Waals surface area contributed by atoms with Gasteiger partial charge in [0.2, 0.25) is 0 Å². The van der Waals surface area contributed by atoms with Crippen LogP contribution in [0.4, 0.5) is 13.2 Å². The minimum atomic E-state index is -4.70. The smallest absolute Gasteiger partial charge is 0.406 e. The quantitative estimate of drug-likeness (QED) is 0.829. The number of benzene rings is 1. The van der Waals surface area contributed by atoms with E-state index in [1.165, 1.54) is 24.3 Å². The molecule has 0 spiro atoms. The average molecular weight is 300 g/mol. The molecule has 0 aliphatic heterocycles. The predicted octanol–water partition coefficient (Wildman–Crippen LogP) is 4.22. The van der Waals surface area contributed by atoms with E-state index < -0.39 is 6.36 Å². The van der Waals surface area contributed by atoms with Crippen molar-refractivity contribution in [2.75, 3.05) is 0 Å². The van der Waals surface area contributed by atoms with Crippen LogP contribution in [0.3, 0.4) is 0 Å². The van der Waals surface area contributed by atoms with E-state index in [0.717, 1.165) is 6.42 Å². The first-order valence-corrected chi connectivity index (χ1v) is 6.52. The van der Waals surface area contributed by atoms with E-state index in [1.54, 1.807) is 0 Å².